The van der Waals surface area contributed by atoms with Gasteiger partial charge in [0, 0.05) is 11.8 Å². The molecule has 0 aliphatic carbocycles. The summed E-state index contributed by atoms with van der Waals surface area (Å²) in [6, 6.07) is 10.7. The number of anilines is 1. The second-order valence-corrected chi connectivity index (χ2v) is 6.64. The van der Waals surface area contributed by atoms with Gasteiger partial charge in [-0.1, -0.05) is 17.8 Å². The van der Waals surface area contributed by atoms with Crippen molar-refractivity contribution in [1.29, 1.82) is 0 Å². The lowest BCUT2D eigenvalue weighted by Gasteiger charge is -2.05. The number of thioether (sulfide) groups is 1. The van der Waals surface area contributed by atoms with Crippen molar-refractivity contribution in [2.24, 2.45) is 0 Å². The Labute approximate surface area is 144 Å². The van der Waals surface area contributed by atoms with Gasteiger partial charge in [-0.3, -0.25) is 4.79 Å². The molecule has 1 aromatic carbocycles. The lowest BCUT2D eigenvalue weighted by molar-refractivity contribution is -0.113. The Morgan fingerprint density at radius 3 is 2.67 bits per heavy atom. The summed E-state index contributed by atoms with van der Waals surface area (Å²) < 4.78 is 25.9. The quantitative estimate of drug-likeness (QED) is 0.690. The van der Waals surface area contributed by atoms with Gasteiger partial charge in [0.05, 0.1) is 10.6 Å². The SMILES string of the molecule is O=C(CSc1ccc(-c2cccs2)nn1)Nc1ccc(F)c(F)c1. The third-order valence-electron chi connectivity index (χ3n) is 2.97. The monoisotopic (exact) mass is 363 g/mol. The molecule has 0 bridgehead atoms. The van der Waals surface area contributed by atoms with Crippen molar-refractivity contribution < 1.29 is 13.6 Å². The molecular weight excluding hydrogens is 352 g/mol. The molecular formula is C16H11F2N3OS2. The molecule has 0 aliphatic heterocycles. The maximum absolute atomic E-state index is 13.1. The van der Waals surface area contributed by atoms with E-state index in [0.717, 1.165) is 22.7 Å². The molecule has 4 nitrogen and oxygen atoms in total. The number of hydrogen-bond donors (Lipinski definition) is 1. The van der Waals surface area contributed by atoms with Crippen molar-refractivity contribution in [3.63, 3.8) is 0 Å². The number of nitrogens with one attached hydrogen (secondary N) is 1. The largest absolute Gasteiger partial charge is 0.325 e. The molecule has 1 amide bonds. The minimum atomic E-state index is -1.00. The Balaban J connectivity index is 1.55. The van der Waals surface area contributed by atoms with Crippen molar-refractivity contribution in [1.82, 2.24) is 10.2 Å². The molecule has 3 rings (SSSR count). The van der Waals surface area contributed by atoms with Gasteiger partial charge in [0.1, 0.15) is 10.7 Å². The second kappa shape index (κ2) is 7.50. The summed E-state index contributed by atoms with van der Waals surface area (Å²) >= 11 is 2.78. The predicted octanol–water partition coefficient (Wildman–Crippen LogP) is 4.21. The van der Waals surface area contributed by atoms with E-state index in [1.54, 1.807) is 17.4 Å². The van der Waals surface area contributed by atoms with Gasteiger partial charge in [-0.15, -0.1) is 21.5 Å². The van der Waals surface area contributed by atoms with Gasteiger partial charge in [0.2, 0.25) is 5.91 Å². The standard InChI is InChI=1S/C16H11F2N3OS2/c17-11-4-3-10(8-12(11)18)19-15(22)9-24-16-6-5-13(20-21-16)14-2-1-7-23-14/h1-8H,9H2,(H,19,22). The second-order valence-electron chi connectivity index (χ2n) is 4.70. The molecule has 2 aromatic heterocycles. The highest BCUT2D eigenvalue weighted by Crippen LogP contribution is 2.23. The Morgan fingerprint density at radius 1 is 1.12 bits per heavy atom. The van der Waals surface area contributed by atoms with Gasteiger partial charge >= 0.3 is 0 Å². The van der Waals surface area contributed by atoms with Gasteiger partial charge in [-0.05, 0) is 35.7 Å². The average molecular weight is 363 g/mol. The number of thiophene rings is 1. The topological polar surface area (TPSA) is 54.9 Å². The molecule has 0 aliphatic rings. The van der Waals surface area contributed by atoms with Crippen LogP contribution in [0.5, 0.6) is 0 Å². The summed E-state index contributed by atoms with van der Waals surface area (Å²) in [6.07, 6.45) is 0. The maximum Gasteiger partial charge on any atom is 0.234 e. The van der Waals surface area contributed by atoms with Crippen LogP contribution in [0.4, 0.5) is 14.5 Å². The highest BCUT2D eigenvalue weighted by Gasteiger charge is 2.08. The van der Waals surface area contributed by atoms with Crippen LogP contribution in [0, 0.1) is 11.6 Å². The van der Waals surface area contributed by atoms with E-state index < -0.39 is 11.6 Å². The first-order chi connectivity index (χ1) is 11.6. The van der Waals surface area contributed by atoms with Crippen LogP contribution in [0.3, 0.4) is 0 Å². The van der Waals surface area contributed by atoms with Crippen LogP contribution in [0.1, 0.15) is 0 Å². The number of aromatic nitrogens is 2. The summed E-state index contributed by atoms with van der Waals surface area (Å²) in [4.78, 5) is 12.9. The summed E-state index contributed by atoms with van der Waals surface area (Å²) in [5.74, 6) is -2.21. The minimum absolute atomic E-state index is 0.0893. The van der Waals surface area contributed by atoms with E-state index >= 15 is 0 Å². The highest BCUT2D eigenvalue weighted by atomic mass is 32.2. The van der Waals surface area contributed by atoms with E-state index in [-0.39, 0.29) is 17.3 Å². The molecule has 2 heterocycles. The Hall–Kier alpha value is -2.32. The molecule has 0 saturated heterocycles. The molecule has 24 heavy (non-hydrogen) atoms. The number of nitrogens with zero attached hydrogens (tertiary/aromatic N) is 2. The van der Waals surface area contributed by atoms with Crippen LogP contribution in [0.25, 0.3) is 10.6 Å². The first-order valence-corrected chi connectivity index (χ1v) is 8.73. The van der Waals surface area contributed by atoms with Gasteiger partial charge in [-0.2, -0.15) is 0 Å². The third-order valence-corrected chi connectivity index (χ3v) is 4.78. The van der Waals surface area contributed by atoms with Gasteiger partial charge in [-0.25, -0.2) is 8.78 Å². The van der Waals surface area contributed by atoms with Crippen LogP contribution in [0.2, 0.25) is 0 Å². The minimum Gasteiger partial charge on any atom is -0.325 e. The van der Waals surface area contributed by atoms with Crippen LogP contribution in [-0.4, -0.2) is 21.9 Å². The van der Waals surface area contributed by atoms with Crippen molar-refractivity contribution in [2.75, 3.05) is 11.1 Å². The first-order valence-electron chi connectivity index (χ1n) is 6.87. The molecule has 122 valence electrons. The number of carbonyl (C=O) groups is 1. The lowest BCUT2D eigenvalue weighted by atomic mass is 10.3. The van der Waals surface area contributed by atoms with Crippen molar-refractivity contribution in [3.8, 4) is 10.6 Å². The molecule has 0 radical (unpaired) electrons. The molecule has 0 atom stereocenters. The Morgan fingerprint density at radius 2 is 2.00 bits per heavy atom. The van der Waals surface area contributed by atoms with E-state index in [0.29, 0.717) is 5.03 Å². The zero-order valence-corrected chi connectivity index (χ0v) is 13.8. The van der Waals surface area contributed by atoms with Crippen LogP contribution < -0.4 is 5.32 Å². The van der Waals surface area contributed by atoms with Crippen LogP contribution in [-0.2, 0) is 4.79 Å². The summed E-state index contributed by atoms with van der Waals surface area (Å²) in [5.41, 5.74) is 0.985. The van der Waals surface area contributed by atoms with Gasteiger partial charge < -0.3 is 5.32 Å². The van der Waals surface area contributed by atoms with E-state index in [9.17, 15) is 13.6 Å². The lowest BCUT2D eigenvalue weighted by Crippen LogP contribution is -2.14. The van der Waals surface area contributed by atoms with Crippen LogP contribution >= 0.6 is 23.1 Å². The number of benzene rings is 1. The van der Waals surface area contributed by atoms with E-state index in [1.165, 1.54) is 17.8 Å². The number of carbonyl (C=O) groups excluding carboxylic acids is 1. The van der Waals surface area contributed by atoms with Crippen LogP contribution in [0.15, 0.2) is 52.9 Å². The Kier molecular flexibility index (Phi) is 5.17. The average Bonchev–Trinajstić information content (AvgIpc) is 3.11. The van der Waals surface area contributed by atoms with E-state index in [1.807, 2.05) is 23.6 Å². The third kappa shape index (κ3) is 4.15. The fraction of sp³-hybridized carbons (Fsp3) is 0.0625. The van der Waals surface area contributed by atoms with Crippen molar-refractivity contribution in [2.45, 2.75) is 5.03 Å². The highest BCUT2D eigenvalue weighted by molar-refractivity contribution is 7.99. The maximum atomic E-state index is 13.1. The van der Waals surface area contributed by atoms with Gasteiger partial charge in [0.25, 0.3) is 0 Å². The van der Waals surface area contributed by atoms with Crippen molar-refractivity contribution >= 4 is 34.7 Å². The zero-order chi connectivity index (χ0) is 16.9. The molecule has 0 saturated carbocycles. The number of halogens is 2. The molecule has 1 N–H and O–H groups in total. The molecule has 8 heteroatoms. The normalized spacial score (nSPS) is 10.6. The van der Waals surface area contributed by atoms with Crippen molar-refractivity contribution in [3.05, 3.63) is 59.5 Å². The summed E-state index contributed by atoms with van der Waals surface area (Å²) in [6.45, 7) is 0. The molecule has 0 spiro atoms. The fourth-order valence-corrected chi connectivity index (χ4v) is 3.17. The first kappa shape index (κ1) is 16.5. The summed E-state index contributed by atoms with van der Waals surface area (Å²) in [5, 5.41) is 13.3. The molecule has 0 fully saturated rings. The van der Waals surface area contributed by atoms with E-state index in [4.69, 9.17) is 0 Å². The number of rotatable bonds is 5. The molecule has 3 aromatic rings. The van der Waals surface area contributed by atoms with Gasteiger partial charge in [0.15, 0.2) is 11.6 Å². The fourth-order valence-electron chi connectivity index (χ4n) is 1.86. The number of amides is 1. The Bertz CT molecular complexity index is 839. The predicted molar refractivity (Wildman–Crippen MR) is 91.1 cm³/mol. The molecule has 0 unspecified atom stereocenters. The zero-order valence-electron chi connectivity index (χ0n) is 12.2. The number of hydrogen-bond acceptors (Lipinski definition) is 5. The van der Waals surface area contributed by atoms with E-state index in [2.05, 4.69) is 15.5 Å². The smallest absolute Gasteiger partial charge is 0.234 e. The summed E-state index contributed by atoms with van der Waals surface area (Å²) in [7, 11) is 0.